The summed E-state index contributed by atoms with van der Waals surface area (Å²) in [6, 6.07) is 16.3. The summed E-state index contributed by atoms with van der Waals surface area (Å²) in [7, 11) is 0. The molecule has 1 atom stereocenters. The molecule has 0 fully saturated rings. The van der Waals surface area contributed by atoms with Crippen molar-refractivity contribution < 1.29 is 33.3 Å². The highest BCUT2D eigenvalue weighted by molar-refractivity contribution is 6.04. The largest absolute Gasteiger partial charge is 0.421 e. The van der Waals surface area contributed by atoms with Gasteiger partial charge >= 0.3 is 24.2 Å². The van der Waals surface area contributed by atoms with E-state index in [1.54, 1.807) is 60.7 Å². The van der Waals surface area contributed by atoms with E-state index in [4.69, 9.17) is 18.9 Å². The Labute approximate surface area is 207 Å². The van der Waals surface area contributed by atoms with Crippen LogP contribution in [0.5, 0.6) is 11.5 Å². The van der Waals surface area contributed by atoms with Gasteiger partial charge in [0.2, 0.25) is 0 Å². The molecule has 7 nitrogen and oxygen atoms in total. The molecule has 0 amide bonds. The molecule has 0 N–H and O–H groups in total. The lowest BCUT2D eigenvalue weighted by atomic mass is 10.0. The molecule has 0 saturated heterocycles. The Morgan fingerprint density at radius 2 is 1.20 bits per heavy atom. The smallest absolute Gasteiger partial charge is 0.421 e. The van der Waals surface area contributed by atoms with Crippen LogP contribution >= 0.6 is 0 Å². The van der Waals surface area contributed by atoms with E-state index >= 15 is 0 Å². The van der Waals surface area contributed by atoms with Crippen LogP contribution in [0.1, 0.15) is 71.6 Å². The molecule has 7 heteroatoms. The molecule has 0 aliphatic heterocycles. The topological polar surface area (TPSA) is 88.1 Å². The van der Waals surface area contributed by atoms with E-state index in [1.807, 2.05) is 0 Å². The van der Waals surface area contributed by atoms with Gasteiger partial charge in [-0.1, -0.05) is 95.2 Å². The Hall–Kier alpha value is -3.19. The fourth-order valence-electron chi connectivity index (χ4n) is 3.59. The van der Waals surface area contributed by atoms with Crippen molar-refractivity contribution >= 4 is 18.4 Å². The number of benzene rings is 2. The van der Waals surface area contributed by atoms with Gasteiger partial charge in [0.1, 0.15) is 11.5 Å². The molecule has 0 heterocycles. The average Bonchev–Trinajstić information content (AvgIpc) is 2.87. The van der Waals surface area contributed by atoms with Crippen LogP contribution in [0.15, 0.2) is 60.7 Å². The first-order valence-corrected chi connectivity index (χ1v) is 12.3. The fraction of sp³-hybridized carbons (Fsp3) is 0.464. The molecule has 1 unspecified atom stereocenters. The highest BCUT2D eigenvalue weighted by Gasteiger charge is 2.56. The van der Waals surface area contributed by atoms with Crippen LogP contribution in [0.3, 0.4) is 0 Å². The van der Waals surface area contributed by atoms with Gasteiger partial charge in [0, 0.05) is 0 Å². The number of hydrogen-bond acceptors (Lipinski definition) is 7. The van der Waals surface area contributed by atoms with Crippen LogP contribution < -0.4 is 9.47 Å². The minimum Gasteiger partial charge on any atom is -0.421 e. The molecule has 2 rings (SSSR count). The minimum absolute atomic E-state index is 0.165. The second-order valence-corrected chi connectivity index (χ2v) is 8.29. The minimum atomic E-state index is -2.75. The molecule has 35 heavy (non-hydrogen) atoms. The van der Waals surface area contributed by atoms with Gasteiger partial charge in [-0.25, -0.2) is 14.4 Å². The zero-order chi connectivity index (χ0) is 25.4. The summed E-state index contributed by atoms with van der Waals surface area (Å²) >= 11 is 0. The average molecular weight is 484 g/mol. The van der Waals surface area contributed by atoms with E-state index < -0.39 is 23.8 Å². The van der Waals surface area contributed by atoms with Gasteiger partial charge in [0.25, 0.3) is 0 Å². The zero-order valence-electron chi connectivity index (χ0n) is 20.6. The lowest BCUT2D eigenvalue weighted by molar-refractivity contribution is -0.236. The van der Waals surface area contributed by atoms with Gasteiger partial charge in [-0.2, -0.15) is 0 Å². The van der Waals surface area contributed by atoms with Crippen molar-refractivity contribution in [3.63, 3.8) is 0 Å². The number of unbranched alkanes of at least 4 members (excludes halogenated alkanes) is 5. The van der Waals surface area contributed by atoms with E-state index in [-0.39, 0.29) is 11.5 Å². The maximum Gasteiger partial charge on any atom is 0.421 e. The van der Waals surface area contributed by atoms with Gasteiger partial charge < -0.3 is 18.9 Å². The van der Waals surface area contributed by atoms with Crippen molar-refractivity contribution in [3.8, 4) is 11.5 Å². The molecule has 2 aromatic rings. The SMILES string of the molecule is CCCCCCC(CCCCC)OC(O[C]=O)(C(=O)Oc1ccccc1)C(=O)Oc1ccccc1. The van der Waals surface area contributed by atoms with Crippen LogP contribution in [-0.4, -0.2) is 30.3 Å². The summed E-state index contributed by atoms with van der Waals surface area (Å²) in [4.78, 5) is 38.1. The Morgan fingerprint density at radius 1 is 0.743 bits per heavy atom. The highest BCUT2D eigenvalue weighted by atomic mass is 16.8. The van der Waals surface area contributed by atoms with Crippen LogP contribution in [0.25, 0.3) is 0 Å². The van der Waals surface area contributed by atoms with Gasteiger partial charge in [-0.3, -0.25) is 0 Å². The van der Waals surface area contributed by atoms with Crippen LogP contribution in [0.4, 0.5) is 0 Å². The number of carbonyl (C=O) groups excluding carboxylic acids is 3. The van der Waals surface area contributed by atoms with Crippen molar-refractivity contribution in [1.82, 2.24) is 0 Å². The van der Waals surface area contributed by atoms with Gasteiger partial charge in [0.05, 0.1) is 6.10 Å². The first kappa shape index (κ1) is 28.1. The third-order valence-electron chi connectivity index (χ3n) is 5.47. The van der Waals surface area contributed by atoms with Gasteiger partial charge in [-0.05, 0) is 37.1 Å². The van der Waals surface area contributed by atoms with Crippen molar-refractivity contribution in [2.75, 3.05) is 0 Å². The first-order valence-electron chi connectivity index (χ1n) is 12.3. The number of para-hydroxylation sites is 2. The molecule has 0 bridgehead atoms. The standard InChI is InChI=1S/C28H35O7/c1-3-5-7-11-21-25(20-10-6-4-2)35-28(32-22-29,26(30)33-23-16-12-8-13-17-23)27(31)34-24-18-14-9-15-19-24/h8-9,12-19,25H,3-7,10-11,20-21H2,1-2H3. The number of esters is 2. The zero-order valence-corrected chi connectivity index (χ0v) is 20.6. The molecule has 1 radical (unpaired) electrons. The van der Waals surface area contributed by atoms with Crippen LogP contribution in [-0.2, 0) is 23.9 Å². The summed E-state index contributed by atoms with van der Waals surface area (Å²) < 4.78 is 21.8. The van der Waals surface area contributed by atoms with Crippen molar-refractivity contribution in [1.29, 1.82) is 0 Å². The molecule has 189 valence electrons. The van der Waals surface area contributed by atoms with Crippen molar-refractivity contribution in [2.24, 2.45) is 0 Å². The van der Waals surface area contributed by atoms with Gasteiger partial charge in [0.15, 0.2) is 0 Å². The Kier molecular flexibility index (Phi) is 12.6. The lowest BCUT2D eigenvalue weighted by Crippen LogP contribution is -2.57. The van der Waals surface area contributed by atoms with Crippen LogP contribution in [0.2, 0.25) is 0 Å². The van der Waals surface area contributed by atoms with Crippen molar-refractivity contribution in [3.05, 3.63) is 60.7 Å². The van der Waals surface area contributed by atoms with E-state index in [1.165, 1.54) is 6.47 Å². The summed E-state index contributed by atoms with van der Waals surface area (Å²) in [5.74, 6) is -4.84. The first-order chi connectivity index (χ1) is 17.1. The normalized spacial score (nSPS) is 11.9. The summed E-state index contributed by atoms with van der Waals surface area (Å²) in [5.41, 5.74) is 0. The molecule has 0 aliphatic rings. The third kappa shape index (κ3) is 9.17. The monoisotopic (exact) mass is 483 g/mol. The quantitative estimate of drug-likeness (QED) is 0.0908. The van der Waals surface area contributed by atoms with E-state index in [0.717, 1.165) is 44.9 Å². The number of ether oxygens (including phenoxy) is 4. The second-order valence-electron chi connectivity index (χ2n) is 8.29. The fourth-order valence-corrected chi connectivity index (χ4v) is 3.59. The Balaban J connectivity index is 2.36. The predicted octanol–water partition coefficient (Wildman–Crippen LogP) is 5.91. The molecule has 0 aliphatic carbocycles. The molecule has 0 aromatic heterocycles. The number of rotatable bonds is 17. The Morgan fingerprint density at radius 3 is 1.66 bits per heavy atom. The van der Waals surface area contributed by atoms with E-state index in [9.17, 15) is 14.4 Å². The summed E-state index contributed by atoms with van der Waals surface area (Å²) in [6.07, 6.45) is 7.40. The number of hydrogen-bond donors (Lipinski definition) is 0. The van der Waals surface area contributed by atoms with E-state index in [2.05, 4.69) is 13.8 Å². The Bertz CT molecular complexity index is 829. The molecular formula is C28H35O7. The summed E-state index contributed by atoms with van der Waals surface area (Å²) in [5, 5.41) is 0. The van der Waals surface area contributed by atoms with Crippen molar-refractivity contribution in [2.45, 2.75) is 83.5 Å². The molecule has 0 saturated carbocycles. The number of carbonyl (C=O) groups is 2. The molecule has 2 aromatic carbocycles. The maximum absolute atomic E-state index is 13.3. The predicted molar refractivity (Wildman–Crippen MR) is 131 cm³/mol. The maximum atomic E-state index is 13.3. The van der Waals surface area contributed by atoms with E-state index in [0.29, 0.717) is 12.8 Å². The molecular weight excluding hydrogens is 448 g/mol. The summed E-state index contributed by atoms with van der Waals surface area (Å²) in [6.45, 7) is 5.42. The van der Waals surface area contributed by atoms with Gasteiger partial charge in [-0.15, -0.1) is 0 Å². The lowest BCUT2D eigenvalue weighted by Gasteiger charge is -2.31. The second kappa shape index (κ2) is 15.7. The third-order valence-corrected chi connectivity index (χ3v) is 5.47. The highest BCUT2D eigenvalue weighted by Crippen LogP contribution is 2.27. The van der Waals surface area contributed by atoms with Crippen LogP contribution in [0, 0.1) is 0 Å². The molecule has 0 spiro atoms.